The van der Waals surface area contributed by atoms with Crippen molar-refractivity contribution in [3.63, 3.8) is 0 Å². The molecule has 0 fully saturated rings. The molecule has 2 aromatic carbocycles. The van der Waals surface area contributed by atoms with Crippen molar-refractivity contribution in [2.24, 2.45) is 0 Å². The first kappa shape index (κ1) is 22.8. The fourth-order valence-electron chi connectivity index (χ4n) is 3.16. The highest BCUT2D eigenvalue weighted by Gasteiger charge is 2.34. The van der Waals surface area contributed by atoms with Crippen LogP contribution in [0.2, 0.25) is 5.02 Å². The SMILES string of the molecule is CC(O)Cn1ccc2c(NC(=O)Cc3ccc(C(F)(F)F)c(F)c3)c(Cl)ccc2c1=O. The smallest absolute Gasteiger partial charge is 0.392 e. The summed E-state index contributed by atoms with van der Waals surface area (Å²) in [5, 5.41) is 12.8. The number of anilines is 1. The summed E-state index contributed by atoms with van der Waals surface area (Å²) >= 11 is 6.17. The highest BCUT2D eigenvalue weighted by atomic mass is 35.5. The molecule has 0 aliphatic carbocycles. The van der Waals surface area contributed by atoms with Crippen molar-refractivity contribution in [2.45, 2.75) is 32.2 Å². The molecule has 0 saturated heterocycles. The maximum atomic E-state index is 13.7. The molecule has 1 atom stereocenters. The van der Waals surface area contributed by atoms with E-state index >= 15 is 0 Å². The molecule has 1 aromatic heterocycles. The number of aliphatic hydroxyl groups is 1. The van der Waals surface area contributed by atoms with E-state index in [9.17, 15) is 32.3 Å². The lowest BCUT2D eigenvalue weighted by Gasteiger charge is -2.14. The third-order valence-electron chi connectivity index (χ3n) is 4.54. The van der Waals surface area contributed by atoms with Gasteiger partial charge in [0.05, 0.1) is 35.3 Å². The van der Waals surface area contributed by atoms with Crippen molar-refractivity contribution in [1.82, 2.24) is 4.57 Å². The first-order chi connectivity index (χ1) is 14.5. The van der Waals surface area contributed by atoms with Gasteiger partial charge in [0.2, 0.25) is 5.91 Å². The maximum Gasteiger partial charge on any atom is 0.419 e. The van der Waals surface area contributed by atoms with Crippen LogP contribution in [-0.4, -0.2) is 21.7 Å². The Kier molecular flexibility index (Phi) is 6.38. The molecule has 5 nitrogen and oxygen atoms in total. The number of fused-ring (bicyclic) bond motifs is 1. The number of hydrogen-bond donors (Lipinski definition) is 2. The first-order valence-electron chi connectivity index (χ1n) is 9.12. The average molecular weight is 457 g/mol. The zero-order chi connectivity index (χ0) is 22.9. The maximum absolute atomic E-state index is 13.7. The highest BCUT2D eigenvalue weighted by molar-refractivity contribution is 6.35. The molecule has 31 heavy (non-hydrogen) atoms. The Morgan fingerprint density at radius 1 is 1.19 bits per heavy atom. The summed E-state index contributed by atoms with van der Waals surface area (Å²) in [6.07, 6.45) is -4.52. The fraction of sp³-hybridized carbons (Fsp3) is 0.238. The number of rotatable bonds is 5. The van der Waals surface area contributed by atoms with Gasteiger partial charge in [-0.3, -0.25) is 9.59 Å². The predicted molar refractivity (Wildman–Crippen MR) is 109 cm³/mol. The van der Waals surface area contributed by atoms with Crippen LogP contribution < -0.4 is 10.9 Å². The van der Waals surface area contributed by atoms with Gasteiger partial charge < -0.3 is 15.0 Å². The lowest BCUT2D eigenvalue weighted by Crippen LogP contribution is -2.25. The van der Waals surface area contributed by atoms with Crippen LogP contribution in [0, 0.1) is 5.82 Å². The molecule has 0 bridgehead atoms. The van der Waals surface area contributed by atoms with Crippen LogP contribution in [0.4, 0.5) is 23.2 Å². The minimum Gasteiger partial charge on any atom is -0.392 e. The van der Waals surface area contributed by atoms with Crippen LogP contribution in [0.5, 0.6) is 0 Å². The van der Waals surface area contributed by atoms with Gasteiger partial charge in [-0.05, 0) is 42.8 Å². The number of nitrogens with one attached hydrogen (secondary N) is 1. The van der Waals surface area contributed by atoms with Gasteiger partial charge in [-0.25, -0.2) is 4.39 Å². The van der Waals surface area contributed by atoms with Crippen molar-refractivity contribution in [3.05, 3.63) is 74.9 Å². The second kappa shape index (κ2) is 8.68. The average Bonchev–Trinajstić information content (AvgIpc) is 2.65. The highest BCUT2D eigenvalue weighted by Crippen LogP contribution is 2.32. The number of nitrogens with zero attached hydrogens (tertiary/aromatic N) is 1. The van der Waals surface area contributed by atoms with Crippen molar-refractivity contribution >= 4 is 34.0 Å². The Hall–Kier alpha value is -2.91. The molecular formula is C21H17ClF4N2O3. The van der Waals surface area contributed by atoms with Gasteiger partial charge in [-0.2, -0.15) is 13.2 Å². The van der Waals surface area contributed by atoms with E-state index in [4.69, 9.17) is 11.6 Å². The fourth-order valence-corrected chi connectivity index (χ4v) is 3.37. The topological polar surface area (TPSA) is 71.3 Å². The van der Waals surface area contributed by atoms with Gasteiger partial charge in [0, 0.05) is 17.0 Å². The predicted octanol–water partition coefficient (Wildman–Crippen LogP) is 4.37. The van der Waals surface area contributed by atoms with Crippen molar-refractivity contribution in [3.8, 4) is 0 Å². The molecule has 1 heterocycles. The van der Waals surface area contributed by atoms with Crippen LogP contribution in [0.1, 0.15) is 18.1 Å². The van der Waals surface area contributed by atoms with E-state index in [2.05, 4.69) is 5.32 Å². The lowest BCUT2D eigenvalue weighted by atomic mass is 10.1. The normalized spacial score (nSPS) is 12.7. The number of hydrogen-bond acceptors (Lipinski definition) is 3. The van der Waals surface area contributed by atoms with Crippen LogP contribution >= 0.6 is 11.6 Å². The van der Waals surface area contributed by atoms with Gasteiger partial charge in [0.1, 0.15) is 5.82 Å². The molecule has 3 rings (SSSR count). The second-order valence-electron chi connectivity index (χ2n) is 7.04. The Bertz CT molecular complexity index is 1210. The van der Waals surface area contributed by atoms with E-state index in [0.717, 1.165) is 6.07 Å². The molecule has 0 aliphatic rings. The minimum atomic E-state index is -4.83. The minimum absolute atomic E-state index is 0.0404. The number of benzene rings is 2. The van der Waals surface area contributed by atoms with Crippen LogP contribution in [0.25, 0.3) is 10.8 Å². The molecule has 164 valence electrons. The molecule has 0 radical (unpaired) electrons. The standard InChI is InChI=1S/C21H17ClF4N2O3/c1-11(29)10-28-7-6-13-14(20(28)31)3-5-16(22)19(13)27-18(30)9-12-2-4-15(17(23)8-12)21(24,25)26/h2-8,11,29H,9-10H2,1H3,(H,27,30). The molecule has 0 spiro atoms. The molecule has 2 N–H and O–H groups in total. The Morgan fingerprint density at radius 2 is 1.90 bits per heavy atom. The lowest BCUT2D eigenvalue weighted by molar-refractivity contribution is -0.140. The van der Waals surface area contributed by atoms with Crippen LogP contribution in [-0.2, 0) is 23.9 Å². The van der Waals surface area contributed by atoms with Gasteiger partial charge in [-0.15, -0.1) is 0 Å². The molecule has 0 saturated carbocycles. The summed E-state index contributed by atoms with van der Waals surface area (Å²) in [5.41, 5.74) is -1.62. The molecule has 10 heteroatoms. The van der Waals surface area contributed by atoms with E-state index in [1.54, 1.807) is 6.07 Å². The number of carbonyl (C=O) groups excluding carboxylic acids is 1. The zero-order valence-corrected chi connectivity index (χ0v) is 16.9. The molecule has 0 aliphatic heterocycles. The largest absolute Gasteiger partial charge is 0.419 e. The first-order valence-corrected chi connectivity index (χ1v) is 9.50. The number of aromatic nitrogens is 1. The quantitative estimate of drug-likeness (QED) is 0.560. The van der Waals surface area contributed by atoms with Crippen molar-refractivity contribution < 1.29 is 27.5 Å². The van der Waals surface area contributed by atoms with Gasteiger partial charge in [-0.1, -0.05) is 17.7 Å². The molecule has 1 amide bonds. The van der Waals surface area contributed by atoms with Gasteiger partial charge in [0.25, 0.3) is 5.56 Å². The van der Waals surface area contributed by atoms with Gasteiger partial charge in [0.15, 0.2) is 0 Å². The number of amides is 1. The summed E-state index contributed by atoms with van der Waals surface area (Å²) in [7, 11) is 0. The molecule has 1 unspecified atom stereocenters. The van der Waals surface area contributed by atoms with E-state index in [-0.39, 0.29) is 28.2 Å². The van der Waals surface area contributed by atoms with Crippen molar-refractivity contribution in [2.75, 3.05) is 5.32 Å². The number of carbonyl (C=O) groups is 1. The second-order valence-corrected chi connectivity index (χ2v) is 7.45. The Morgan fingerprint density at radius 3 is 2.52 bits per heavy atom. The van der Waals surface area contributed by atoms with E-state index in [1.165, 1.54) is 29.8 Å². The third-order valence-corrected chi connectivity index (χ3v) is 4.85. The number of alkyl halides is 3. The van der Waals surface area contributed by atoms with Crippen molar-refractivity contribution in [1.29, 1.82) is 0 Å². The van der Waals surface area contributed by atoms with Gasteiger partial charge >= 0.3 is 6.18 Å². The Labute approximate surface area is 178 Å². The molecular weight excluding hydrogens is 440 g/mol. The van der Waals surface area contributed by atoms with E-state index in [1.807, 2.05) is 0 Å². The zero-order valence-electron chi connectivity index (χ0n) is 16.1. The number of aliphatic hydroxyl groups excluding tert-OH is 1. The molecule has 3 aromatic rings. The summed E-state index contributed by atoms with van der Waals surface area (Å²) < 4.78 is 53.1. The summed E-state index contributed by atoms with van der Waals surface area (Å²) in [4.78, 5) is 25.1. The Balaban J connectivity index is 1.88. The van der Waals surface area contributed by atoms with Crippen LogP contribution in [0.3, 0.4) is 0 Å². The number of halogens is 5. The third kappa shape index (κ3) is 5.05. The van der Waals surface area contributed by atoms with Crippen LogP contribution in [0.15, 0.2) is 47.4 Å². The summed E-state index contributed by atoms with van der Waals surface area (Å²) in [6, 6.07) is 6.71. The monoisotopic (exact) mass is 456 g/mol. The van der Waals surface area contributed by atoms with E-state index < -0.39 is 41.5 Å². The summed E-state index contributed by atoms with van der Waals surface area (Å²) in [5.74, 6) is -2.12. The number of pyridine rings is 1. The summed E-state index contributed by atoms with van der Waals surface area (Å²) in [6.45, 7) is 1.62. The van der Waals surface area contributed by atoms with E-state index in [0.29, 0.717) is 17.5 Å².